The molecule has 5 nitrogen and oxygen atoms in total. The fourth-order valence-corrected chi connectivity index (χ4v) is 1.84. The number of nitrogens with zero attached hydrogens (tertiary/aromatic N) is 3. The van der Waals surface area contributed by atoms with E-state index in [4.69, 9.17) is 11.6 Å². The summed E-state index contributed by atoms with van der Waals surface area (Å²) in [6.07, 6.45) is 0. The third-order valence-corrected chi connectivity index (χ3v) is 2.94. The van der Waals surface area contributed by atoms with Gasteiger partial charge in [0.15, 0.2) is 0 Å². The first-order valence-electron chi connectivity index (χ1n) is 6.07. The van der Waals surface area contributed by atoms with Gasteiger partial charge in [-0.25, -0.2) is 0 Å². The Morgan fingerprint density at radius 1 is 1.11 bits per heavy atom. The summed E-state index contributed by atoms with van der Waals surface area (Å²) in [5.41, 5.74) is 1.27. The predicted octanol–water partition coefficient (Wildman–Crippen LogP) is 2.78. The largest absolute Gasteiger partial charge is 0.357 e. The van der Waals surface area contributed by atoms with Crippen molar-refractivity contribution in [1.82, 2.24) is 15.0 Å². The number of hydrogen-bond acceptors (Lipinski definition) is 5. The van der Waals surface area contributed by atoms with Gasteiger partial charge in [0.25, 0.3) is 0 Å². The standard InChI is InChI=1S/C13H16ClN5/c1-9(10-6-4-3-5-7-10)8-16-13-18-11(14)17-12(15-2)19-13/h3-7,9H,8H2,1-2H3,(H2,15,16,17,18,19). The molecule has 0 aliphatic carbocycles. The lowest BCUT2D eigenvalue weighted by atomic mass is 10.0. The molecule has 100 valence electrons. The van der Waals surface area contributed by atoms with Gasteiger partial charge in [0.1, 0.15) is 0 Å². The maximum atomic E-state index is 5.82. The van der Waals surface area contributed by atoms with Crippen LogP contribution in [0.3, 0.4) is 0 Å². The summed E-state index contributed by atoms with van der Waals surface area (Å²) in [4.78, 5) is 12.2. The number of nitrogens with one attached hydrogen (secondary N) is 2. The van der Waals surface area contributed by atoms with Crippen LogP contribution in [0.15, 0.2) is 30.3 Å². The highest BCUT2D eigenvalue weighted by Crippen LogP contribution is 2.15. The van der Waals surface area contributed by atoms with Gasteiger partial charge >= 0.3 is 0 Å². The maximum Gasteiger partial charge on any atom is 0.228 e. The van der Waals surface area contributed by atoms with E-state index >= 15 is 0 Å². The van der Waals surface area contributed by atoms with E-state index in [2.05, 4.69) is 44.6 Å². The van der Waals surface area contributed by atoms with Crippen LogP contribution in [0, 0.1) is 0 Å². The first-order valence-corrected chi connectivity index (χ1v) is 6.45. The van der Waals surface area contributed by atoms with Crippen LogP contribution in [-0.4, -0.2) is 28.5 Å². The molecule has 0 radical (unpaired) electrons. The van der Waals surface area contributed by atoms with Crippen LogP contribution in [0.5, 0.6) is 0 Å². The smallest absolute Gasteiger partial charge is 0.228 e. The normalized spacial score (nSPS) is 11.9. The fraction of sp³-hybridized carbons (Fsp3) is 0.308. The van der Waals surface area contributed by atoms with Crippen molar-refractivity contribution in [3.63, 3.8) is 0 Å². The topological polar surface area (TPSA) is 62.7 Å². The minimum atomic E-state index is 0.175. The summed E-state index contributed by atoms with van der Waals surface area (Å²) in [5.74, 6) is 1.29. The summed E-state index contributed by atoms with van der Waals surface area (Å²) in [5, 5.41) is 6.19. The van der Waals surface area contributed by atoms with Gasteiger partial charge < -0.3 is 10.6 Å². The van der Waals surface area contributed by atoms with Crippen LogP contribution < -0.4 is 10.6 Å². The van der Waals surface area contributed by atoms with E-state index in [0.717, 1.165) is 6.54 Å². The van der Waals surface area contributed by atoms with Crippen molar-refractivity contribution in [2.45, 2.75) is 12.8 Å². The lowest BCUT2D eigenvalue weighted by Crippen LogP contribution is -2.13. The van der Waals surface area contributed by atoms with Crippen molar-refractivity contribution in [2.24, 2.45) is 0 Å². The van der Waals surface area contributed by atoms with Crippen LogP contribution >= 0.6 is 11.6 Å². The SMILES string of the molecule is CNc1nc(Cl)nc(NCC(C)c2ccccc2)n1. The summed E-state index contributed by atoms with van der Waals surface area (Å²) in [6, 6.07) is 10.3. The molecule has 19 heavy (non-hydrogen) atoms. The van der Waals surface area contributed by atoms with E-state index in [9.17, 15) is 0 Å². The average molecular weight is 278 g/mol. The molecule has 0 fully saturated rings. The van der Waals surface area contributed by atoms with E-state index in [0.29, 0.717) is 17.8 Å². The molecule has 0 bridgehead atoms. The molecule has 2 aromatic rings. The lowest BCUT2D eigenvalue weighted by Gasteiger charge is -2.13. The molecule has 1 atom stereocenters. The first kappa shape index (κ1) is 13.5. The summed E-state index contributed by atoms with van der Waals surface area (Å²) in [6.45, 7) is 2.87. The summed E-state index contributed by atoms with van der Waals surface area (Å²) >= 11 is 5.82. The Kier molecular flexibility index (Phi) is 4.52. The molecular weight excluding hydrogens is 262 g/mol. The van der Waals surface area contributed by atoms with Crippen molar-refractivity contribution in [2.75, 3.05) is 24.2 Å². The highest BCUT2D eigenvalue weighted by atomic mass is 35.5. The van der Waals surface area contributed by atoms with Gasteiger partial charge in [0.05, 0.1) is 0 Å². The molecule has 0 spiro atoms. The monoisotopic (exact) mass is 277 g/mol. The summed E-state index contributed by atoms with van der Waals surface area (Å²) in [7, 11) is 1.74. The third-order valence-electron chi connectivity index (χ3n) is 2.77. The maximum absolute atomic E-state index is 5.82. The van der Waals surface area contributed by atoms with Gasteiger partial charge in [0.2, 0.25) is 17.2 Å². The third kappa shape index (κ3) is 3.79. The quantitative estimate of drug-likeness (QED) is 0.880. The number of rotatable bonds is 5. The van der Waals surface area contributed by atoms with Gasteiger partial charge in [0, 0.05) is 13.6 Å². The molecule has 2 N–H and O–H groups in total. The fourth-order valence-electron chi connectivity index (χ4n) is 1.68. The van der Waals surface area contributed by atoms with E-state index < -0.39 is 0 Å². The van der Waals surface area contributed by atoms with E-state index in [1.165, 1.54) is 5.56 Å². The summed E-state index contributed by atoms with van der Waals surface area (Å²) < 4.78 is 0. The molecule has 0 aliphatic heterocycles. The van der Waals surface area contributed by atoms with Crippen LogP contribution in [-0.2, 0) is 0 Å². The predicted molar refractivity (Wildman–Crippen MR) is 77.7 cm³/mol. The highest BCUT2D eigenvalue weighted by molar-refractivity contribution is 6.28. The molecule has 1 aromatic carbocycles. The van der Waals surface area contributed by atoms with Crippen molar-refractivity contribution >= 4 is 23.5 Å². The second-order valence-electron chi connectivity index (χ2n) is 4.19. The zero-order chi connectivity index (χ0) is 13.7. The highest BCUT2D eigenvalue weighted by Gasteiger charge is 2.07. The van der Waals surface area contributed by atoms with Crippen molar-refractivity contribution in [3.8, 4) is 0 Å². The van der Waals surface area contributed by atoms with Gasteiger partial charge in [-0.05, 0) is 23.1 Å². The second-order valence-corrected chi connectivity index (χ2v) is 4.53. The lowest BCUT2D eigenvalue weighted by molar-refractivity contribution is 0.795. The molecule has 1 heterocycles. The molecule has 0 saturated carbocycles. The Labute approximate surface area is 117 Å². The molecular formula is C13H16ClN5. The van der Waals surface area contributed by atoms with E-state index in [1.807, 2.05) is 18.2 Å². The Bertz CT molecular complexity index is 532. The van der Waals surface area contributed by atoms with Crippen LogP contribution in [0.4, 0.5) is 11.9 Å². The van der Waals surface area contributed by atoms with Gasteiger partial charge in [-0.15, -0.1) is 0 Å². The number of hydrogen-bond donors (Lipinski definition) is 2. The van der Waals surface area contributed by atoms with Crippen molar-refractivity contribution in [1.29, 1.82) is 0 Å². The number of benzene rings is 1. The van der Waals surface area contributed by atoms with Gasteiger partial charge in [-0.2, -0.15) is 15.0 Å². The number of anilines is 2. The molecule has 1 unspecified atom stereocenters. The average Bonchev–Trinajstić information content (AvgIpc) is 2.45. The molecule has 0 amide bonds. The van der Waals surface area contributed by atoms with Crippen LogP contribution in [0.2, 0.25) is 5.28 Å². The molecule has 0 saturated heterocycles. The molecule has 1 aromatic heterocycles. The molecule has 2 rings (SSSR count). The zero-order valence-electron chi connectivity index (χ0n) is 10.9. The Hall–Kier alpha value is -1.88. The Morgan fingerprint density at radius 3 is 2.47 bits per heavy atom. The van der Waals surface area contributed by atoms with Crippen LogP contribution in [0.25, 0.3) is 0 Å². The van der Waals surface area contributed by atoms with Crippen molar-refractivity contribution < 1.29 is 0 Å². The Morgan fingerprint density at radius 2 is 1.79 bits per heavy atom. The number of halogens is 1. The minimum Gasteiger partial charge on any atom is -0.357 e. The molecule has 0 aliphatic rings. The first-order chi connectivity index (χ1) is 9.19. The van der Waals surface area contributed by atoms with Gasteiger partial charge in [-0.3, -0.25) is 0 Å². The van der Waals surface area contributed by atoms with E-state index in [-0.39, 0.29) is 5.28 Å². The van der Waals surface area contributed by atoms with Crippen LogP contribution in [0.1, 0.15) is 18.4 Å². The van der Waals surface area contributed by atoms with E-state index in [1.54, 1.807) is 7.05 Å². The number of aromatic nitrogens is 3. The van der Waals surface area contributed by atoms with Gasteiger partial charge in [-0.1, -0.05) is 37.3 Å². The zero-order valence-corrected chi connectivity index (χ0v) is 11.6. The minimum absolute atomic E-state index is 0.175. The molecule has 6 heteroatoms. The Balaban J connectivity index is 2.01. The van der Waals surface area contributed by atoms with Crippen molar-refractivity contribution in [3.05, 3.63) is 41.2 Å². The second kappa shape index (κ2) is 6.33.